The average Bonchev–Trinajstić information content (AvgIpc) is 3.65. The van der Waals surface area contributed by atoms with Gasteiger partial charge in [-0.05, 0) is 101 Å². The molecule has 0 spiro atoms. The second-order valence-corrected chi connectivity index (χ2v) is 10.3. The number of hydrogen-bond acceptors (Lipinski definition) is 4. The number of halogens is 1. The maximum absolute atomic E-state index is 13.8. The molecule has 2 aromatic heterocycles. The van der Waals surface area contributed by atoms with Crippen molar-refractivity contribution in [3.05, 3.63) is 77.6 Å². The molecule has 1 saturated heterocycles. The lowest BCUT2D eigenvalue weighted by atomic mass is 10.1. The molecule has 7 heteroatoms. The van der Waals surface area contributed by atoms with Crippen LogP contribution in [0.3, 0.4) is 0 Å². The molecule has 4 aromatic rings. The van der Waals surface area contributed by atoms with Crippen molar-refractivity contribution < 1.29 is 4.39 Å². The Labute approximate surface area is 219 Å². The third-order valence-corrected chi connectivity index (χ3v) is 7.75. The first-order chi connectivity index (χ1) is 18.1. The third kappa shape index (κ3) is 5.78. The Morgan fingerprint density at radius 2 is 1.89 bits per heavy atom. The average molecular weight is 503 g/mol. The summed E-state index contributed by atoms with van der Waals surface area (Å²) in [6.07, 6.45) is 7.55. The maximum Gasteiger partial charge on any atom is 0.125 e. The molecule has 1 atom stereocenters. The summed E-state index contributed by atoms with van der Waals surface area (Å²) in [5, 5.41) is 4.45. The third-order valence-electron chi connectivity index (χ3n) is 7.75. The number of aryl methyl sites for hydroxylation is 1. The van der Waals surface area contributed by atoms with E-state index in [1.807, 2.05) is 12.1 Å². The zero-order valence-electron chi connectivity index (χ0n) is 22.4. The first-order valence-electron chi connectivity index (χ1n) is 13.7. The van der Waals surface area contributed by atoms with Gasteiger partial charge < -0.3 is 14.4 Å². The van der Waals surface area contributed by atoms with Crippen molar-refractivity contribution in [2.24, 2.45) is 0 Å². The normalized spacial score (nSPS) is 15.3. The Bertz CT molecular complexity index is 1320. The number of benzene rings is 2. The fraction of sp³-hybridized carbons (Fsp3) is 0.467. The minimum Gasteiger partial charge on any atom is -0.328 e. The maximum atomic E-state index is 13.8. The van der Waals surface area contributed by atoms with Crippen molar-refractivity contribution in [1.82, 2.24) is 29.1 Å². The molecule has 3 heterocycles. The minimum atomic E-state index is -0.265. The van der Waals surface area contributed by atoms with Crippen molar-refractivity contribution in [1.29, 1.82) is 0 Å². The van der Waals surface area contributed by atoms with E-state index in [9.17, 15) is 4.39 Å². The Kier molecular flexibility index (Phi) is 8.01. The molecule has 5 rings (SSSR count). The minimum absolute atomic E-state index is 0.265. The highest BCUT2D eigenvalue weighted by Gasteiger charge is 2.20. The van der Waals surface area contributed by atoms with Crippen molar-refractivity contribution in [2.75, 3.05) is 26.7 Å². The topological polar surface area (TPSA) is 42.1 Å². The van der Waals surface area contributed by atoms with Crippen LogP contribution in [0.25, 0.3) is 16.7 Å². The summed E-state index contributed by atoms with van der Waals surface area (Å²) in [4.78, 5) is 10.2. The smallest absolute Gasteiger partial charge is 0.125 e. The lowest BCUT2D eigenvalue weighted by Gasteiger charge is -2.28. The van der Waals surface area contributed by atoms with E-state index in [-0.39, 0.29) is 5.82 Å². The summed E-state index contributed by atoms with van der Waals surface area (Å²) in [6, 6.07) is 15.9. The van der Waals surface area contributed by atoms with Crippen LogP contribution in [-0.2, 0) is 19.5 Å². The van der Waals surface area contributed by atoms with Crippen molar-refractivity contribution in [3.8, 4) is 5.69 Å². The molecule has 0 bridgehead atoms. The van der Waals surface area contributed by atoms with Gasteiger partial charge in [0.25, 0.3) is 0 Å². The number of likely N-dealkylation sites (tertiary alicyclic amines) is 1. The molecular formula is C30H39FN6. The van der Waals surface area contributed by atoms with Gasteiger partial charge in [-0.1, -0.05) is 19.1 Å². The van der Waals surface area contributed by atoms with Crippen LogP contribution < -0.4 is 0 Å². The number of hydrogen-bond donors (Lipinski definition) is 0. The van der Waals surface area contributed by atoms with Crippen LogP contribution in [-0.4, -0.2) is 61.9 Å². The first kappa shape index (κ1) is 25.6. The lowest BCUT2D eigenvalue weighted by molar-refractivity contribution is 0.197. The van der Waals surface area contributed by atoms with Crippen LogP contribution in [0.5, 0.6) is 0 Å². The number of aromatic nitrogens is 4. The largest absolute Gasteiger partial charge is 0.328 e. The van der Waals surface area contributed by atoms with Crippen LogP contribution in [0.1, 0.15) is 56.6 Å². The molecule has 6 nitrogen and oxygen atoms in total. The summed E-state index contributed by atoms with van der Waals surface area (Å²) in [7, 11) is 2.23. The van der Waals surface area contributed by atoms with Gasteiger partial charge in [0.2, 0.25) is 0 Å². The summed E-state index contributed by atoms with van der Waals surface area (Å²) < 4.78 is 17.9. The van der Waals surface area contributed by atoms with E-state index in [1.54, 1.807) is 16.9 Å². The van der Waals surface area contributed by atoms with Crippen molar-refractivity contribution >= 4 is 11.0 Å². The molecule has 1 fully saturated rings. The molecule has 2 aromatic carbocycles. The van der Waals surface area contributed by atoms with Crippen LogP contribution in [0.2, 0.25) is 0 Å². The van der Waals surface area contributed by atoms with E-state index in [1.165, 1.54) is 56.5 Å². The summed E-state index contributed by atoms with van der Waals surface area (Å²) in [6.45, 7) is 9.88. The van der Waals surface area contributed by atoms with Gasteiger partial charge in [0.1, 0.15) is 11.6 Å². The van der Waals surface area contributed by atoms with E-state index >= 15 is 0 Å². The van der Waals surface area contributed by atoms with Gasteiger partial charge in [0.15, 0.2) is 0 Å². The SMILES string of the molecule is CCC(CCN(C)Cc1ccc2c(c1)nc(Cc1ccnn1-c1cccc(F)c1)n2CC)N1CCCC1. The van der Waals surface area contributed by atoms with Gasteiger partial charge in [-0.25, -0.2) is 14.1 Å². The molecule has 1 unspecified atom stereocenters. The van der Waals surface area contributed by atoms with Gasteiger partial charge in [-0.2, -0.15) is 5.10 Å². The molecular weight excluding hydrogens is 463 g/mol. The lowest BCUT2D eigenvalue weighted by Crippen LogP contribution is -2.35. The van der Waals surface area contributed by atoms with Gasteiger partial charge in [-0.3, -0.25) is 0 Å². The van der Waals surface area contributed by atoms with Crippen LogP contribution in [0.15, 0.2) is 54.7 Å². The quantitative estimate of drug-likeness (QED) is 0.265. The highest BCUT2D eigenvalue weighted by Crippen LogP contribution is 2.23. The van der Waals surface area contributed by atoms with Crippen LogP contribution in [0.4, 0.5) is 4.39 Å². The summed E-state index contributed by atoms with van der Waals surface area (Å²) in [5.74, 6) is 0.732. The van der Waals surface area contributed by atoms with Gasteiger partial charge in [0, 0.05) is 31.7 Å². The summed E-state index contributed by atoms with van der Waals surface area (Å²) >= 11 is 0. The van der Waals surface area contributed by atoms with E-state index < -0.39 is 0 Å². The predicted octanol–water partition coefficient (Wildman–Crippen LogP) is 5.67. The van der Waals surface area contributed by atoms with Gasteiger partial charge >= 0.3 is 0 Å². The first-order valence-corrected chi connectivity index (χ1v) is 13.7. The van der Waals surface area contributed by atoms with E-state index in [0.29, 0.717) is 12.5 Å². The summed E-state index contributed by atoms with van der Waals surface area (Å²) in [5.41, 5.74) is 5.18. The zero-order valence-corrected chi connectivity index (χ0v) is 22.4. The van der Waals surface area contributed by atoms with E-state index in [2.05, 4.69) is 58.6 Å². The standard InChI is InChI=1S/C30H39FN6/c1-4-25(35-16-6-7-17-35)14-18-34(3)22-23-11-12-29-28(19-23)33-30(36(29)5-2)21-27-13-15-32-37(27)26-10-8-9-24(31)20-26/h8-13,15,19-20,25H,4-7,14,16-18,21-22H2,1-3H3. The number of fused-ring (bicyclic) bond motifs is 1. The molecule has 1 aliphatic heterocycles. The predicted molar refractivity (Wildman–Crippen MR) is 148 cm³/mol. The molecule has 0 aliphatic carbocycles. The Morgan fingerprint density at radius 3 is 2.65 bits per heavy atom. The van der Waals surface area contributed by atoms with Gasteiger partial charge in [-0.15, -0.1) is 0 Å². The van der Waals surface area contributed by atoms with Crippen LogP contribution in [0, 0.1) is 5.82 Å². The molecule has 1 aliphatic rings. The zero-order chi connectivity index (χ0) is 25.8. The number of imidazole rings is 1. The van der Waals surface area contributed by atoms with E-state index in [4.69, 9.17) is 4.98 Å². The molecule has 0 saturated carbocycles. The molecule has 0 amide bonds. The second kappa shape index (κ2) is 11.6. The van der Waals surface area contributed by atoms with Crippen molar-refractivity contribution in [2.45, 2.75) is 65.1 Å². The fourth-order valence-electron chi connectivity index (χ4n) is 5.79. The van der Waals surface area contributed by atoms with E-state index in [0.717, 1.165) is 47.9 Å². The molecule has 0 N–H and O–H groups in total. The molecule has 37 heavy (non-hydrogen) atoms. The number of rotatable bonds is 11. The monoisotopic (exact) mass is 502 g/mol. The Morgan fingerprint density at radius 1 is 1.05 bits per heavy atom. The highest BCUT2D eigenvalue weighted by atomic mass is 19.1. The molecule has 196 valence electrons. The highest BCUT2D eigenvalue weighted by molar-refractivity contribution is 5.77. The molecule has 0 radical (unpaired) electrons. The Hall–Kier alpha value is -3.03. The fourth-order valence-corrected chi connectivity index (χ4v) is 5.79. The second-order valence-electron chi connectivity index (χ2n) is 10.3. The Balaban J connectivity index is 1.30. The van der Waals surface area contributed by atoms with Gasteiger partial charge in [0.05, 0.1) is 22.4 Å². The number of nitrogens with zero attached hydrogens (tertiary/aromatic N) is 6. The van der Waals surface area contributed by atoms with Crippen LogP contribution >= 0.6 is 0 Å². The van der Waals surface area contributed by atoms with Crippen molar-refractivity contribution in [3.63, 3.8) is 0 Å².